The highest BCUT2D eigenvalue weighted by molar-refractivity contribution is 6.28. The molecule has 1 aliphatic carbocycles. The fraction of sp³-hybridized carbons (Fsp3) is 0.600. The zero-order chi connectivity index (χ0) is 10.7. The molecule has 2 unspecified atom stereocenters. The molecule has 1 aromatic rings. The molecule has 0 saturated heterocycles. The quantitative estimate of drug-likeness (QED) is 0.757. The minimum Gasteiger partial charge on any atom is -0.393 e. The van der Waals surface area contributed by atoms with Crippen molar-refractivity contribution in [1.29, 1.82) is 0 Å². The van der Waals surface area contributed by atoms with Gasteiger partial charge < -0.3 is 10.4 Å². The first-order valence-electron chi connectivity index (χ1n) is 5.17. The SMILES string of the molecule is OC1CCCC(Nc2ccnc(Cl)n2)C1. The summed E-state index contributed by atoms with van der Waals surface area (Å²) in [6.45, 7) is 0. The van der Waals surface area contributed by atoms with Crippen LogP contribution in [0.25, 0.3) is 0 Å². The van der Waals surface area contributed by atoms with Crippen molar-refractivity contribution in [2.75, 3.05) is 5.32 Å². The molecule has 0 amide bonds. The van der Waals surface area contributed by atoms with E-state index in [2.05, 4.69) is 15.3 Å². The predicted molar refractivity (Wildman–Crippen MR) is 58.9 cm³/mol. The fourth-order valence-electron chi connectivity index (χ4n) is 1.92. The van der Waals surface area contributed by atoms with Crippen molar-refractivity contribution in [2.24, 2.45) is 0 Å². The summed E-state index contributed by atoms with van der Waals surface area (Å²) in [5, 5.41) is 13.0. The van der Waals surface area contributed by atoms with Crippen LogP contribution in [0.1, 0.15) is 25.7 Å². The van der Waals surface area contributed by atoms with Gasteiger partial charge >= 0.3 is 0 Å². The summed E-state index contributed by atoms with van der Waals surface area (Å²) in [5.74, 6) is 0.731. The van der Waals surface area contributed by atoms with Gasteiger partial charge in [0.1, 0.15) is 5.82 Å². The number of aliphatic hydroxyl groups excluding tert-OH is 1. The van der Waals surface area contributed by atoms with Crippen LogP contribution in [-0.4, -0.2) is 27.2 Å². The second-order valence-electron chi connectivity index (χ2n) is 3.87. The third-order valence-electron chi connectivity index (χ3n) is 2.62. The van der Waals surface area contributed by atoms with E-state index >= 15 is 0 Å². The molecule has 1 heterocycles. The summed E-state index contributed by atoms with van der Waals surface area (Å²) in [4.78, 5) is 7.87. The Labute approximate surface area is 93.7 Å². The van der Waals surface area contributed by atoms with E-state index in [1.165, 1.54) is 0 Å². The molecule has 1 saturated carbocycles. The molecule has 5 heteroatoms. The Balaban J connectivity index is 1.96. The van der Waals surface area contributed by atoms with E-state index in [-0.39, 0.29) is 11.4 Å². The molecule has 4 nitrogen and oxygen atoms in total. The first-order chi connectivity index (χ1) is 7.24. The van der Waals surface area contributed by atoms with Crippen molar-refractivity contribution in [3.8, 4) is 0 Å². The number of nitrogens with zero attached hydrogens (tertiary/aromatic N) is 2. The maximum Gasteiger partial charge on any atom is 0.224 e. The average molecular weight is 228 g/mol. The summed E-state index contributed by atoms with van der Waals surface area (Å²) < 4.78 is 0. The predicted octanol–water partition coefficient (Wildman–Crippen LogP) is 1.85. The van der Waals surface area contributed by atoms with Gasteiger partial charge in [0.05, 0.1) is 6.10 Å². The molecule has 1 aromatic heterocycles. The van der Waals surface area contributed by atoms with Crippen molar-refractivity contribution in [1.82, 2.24) is 9.97 Å². The molecule has 0 bridgehead atoms. The molecule has 0 radical (unpaired) electrons. The van der Waals surface area contributed by atoms with Gasteiger partial charge in [0.15, 0.2) is 0 Å². The van der Waals surface area contributed by atoms with E-state index in [1.807, 2.05) is 0 Å². The maximum atomic E-state index is 9.51. The number of aromatic nitrogens is 2. The highest BCUT2D eigenvalue weighted by Crippen LogP contribution is 2.21. The number of nitrogens with one attached hydrogen (secondary N) is 1. The second kappa shape index (κ2) is 4.77. The van der Waals surface area contributed by atoms with Crippen LogP contribution in [0.4, 0.5) is 5.82 Å². The van der Waals surface area contributed by atoms with Crippen LogP contribution in [0.15, 0.2) is 12.3 Å². The standard InChI is InChI=1S/C10H14ClN3O/c11-10-12-5-4-9(14-10)13-7-2-1-3-8(15)6-7/h4-5,7-8,15H,1-3,6H2,(H,12,13,14). The lowest BCUT2D eigenvalue weighted by Gasteiger charge is -2.26. The molecule has 0 aliphatic heterocycles. The Morgan fingerprint density at radius 1 is 1.47 bits per heavy atom. The summed E-state index contributed by atoms with van der Waals surface area (Å²) in [5.41, 5.74) is 0. The lowest BCUT2D eigenvalue weighted by molar-refractivity contribution is 0.124. The third-order valence-corrected chi connectivity index (χ3v) is 2.81. The van der Waals surface area contributed by atoms with Gasteiger partial charge in [-0.05, 0) is 43.4 Å². The Hall–Kier alpha value is -0.870. The van der Waals surface area contributed by atoms with Crippen LogP contribution < -0.4 is 5.32 Å². The highest BCUT2D eigenvalue weighted by atomic mass is 35.5. The maximum absolute atomic E-state index is 9.51. The number of aliphatic hydroxyl groups is 1. The molecule has 2 rings (SSSR count). The summed E-state index contributed by atoms with van der Waals surface area (Å²) >= 11 is 5.68. The van der Waals surface area contributed by atoms with Crippen LogP contribution in [0, 0.1) is 0 Å². The number of anilines is 1. The summed E-state index contributed by atoms with van der Waals surface area (Å²) in [7, 11) is 0. The Kier molecular flexibility index (Phi) is 3.38. The topological polar surface area (TPSA) is 58.0 Å². The molecular formula is C10H14ClN3O. The second-order valence-corrected chi connectivity index (χ2v) is 4.21. The van der Waals surface area contributed by atoms with E-state index in [1.54, 1.807) is 12.3 Å². The van der Waals surface area contributed by atoms with Crippen LogP contribution >= 0.6 is 11.6 Å². The zero-order valence-electron chi connectivity index (χ0n) is 8.36. The van der Waals surface area contributed by atoms with E-state index < -0.39 is 0 Å². The van der Waals surface area contributed by atoms with Gasteiger partial charge in [0.25, 0.3) is 0 Å². The smallest absolute Gasteiger partial charge is 0.224 e. The molecule has 0 aromatic carbocycles. The van der Waals surface area contributed by atoms with Gasteiger partial charge in [-0.3, -0.25) is 0 Å². The van der Waals surface area contributed by atoms with Crippen molar-refractivity contribution in [3.63, 3.8) is 0 Å². The van der Waals surface area contributed by atoms with Crippen molar-refractivity contribution < 1.29 is 5.11 Å². The average Bonchev–Trinajstić information content (AvgIpc) is 2.17. The summed E-state index contributed by atoms with van der Waals surface area (Å²) in [6, 6.07) is 2.08. The van der Waals surface area contributed by atoms with E-state index in [9.17, 15) is 5.11 Å². The van der Waals surface area contributed by atoms with E-state index in [0.29, 0.717) is 6.04 Å². The van der Waals surface area contributed by atoms with Crippen molar-refractivity contribution >= 4 is 17.4 Å². The number of halogens is 1. The Morgan fingerprint density at radius 3 is 3.07 bits per heavy atom. The van der Waals surface area contributed by atoms with Gasteiger partial charge in [-0.2, -0.15) is 0 Å². The van der Waals surface area contributed by atoms with Gasteiger partial charge in [-0.25, -0.2) is 9.97 Å². The highest BCUT2D eigenvalue weighted by Gasteiger charge is 2.20. The number of rotatable bonds is 2. The normalized spacial score (nSPS) is 26.3. The molecule has 1 fully saturated rings. The van der Waals surface area contributed by atoms with E-state index in [0.717, 1.165) is 31.5 Å². The Morgan fingerprint density at radius 2 is 2.33 bits per heavy atom. The molecule has 2 N–H and O–H groups in total. The number of hydrogen-bond donors (Lipinski definition) is 2. The molecule has 15 heavy (non-hydrogen) atoms. The zero-order valence-corrected chi connectivity index (χ0v) is 9.11. The first kappa shape index (κ1) is 10.6. The van der Waals surface area contributed by atoms with Gasteiger partial charge in [-0.1, -0.05) is 0 Å². The largest absolute Gasteiger partial charge is 0.393 e. The van der Waals surface area contributed by atoms with Crippen molar-refractivity contribution in [3.05, 3.63) is 17.5 Å². The third kappa shape index (κ3) is 3.04. The molecule has 2 atom stereocenters. The minimum absolute atomic E-state index is 0.187. The number of hydrogen-bond acceptors (Lipinski definition) is 4. The monoisotopic (exact) mass is 227 g/mol. The van der Waals surface area contributed by atoms with Crippen LogP contribution in [0.2, 0.25) is 5.28 Å². The van der Waals surface area contributed by atoms with Gasteiger partial charge in [-0.15, -0.1) is 0 Å². The first-order valence-corrected chi connectivity index (χ1v) is 5.55. The minimum atomic E-state index is -0.187. The van der Waals surface area contributed by atoms with Gasteiger partial charge in [0.2, 0.25) is 5.28 Å². The molecule has 1 aliphatic rings. The lowest BCUT2D eigenvalue weighted by atomic mass is 9.93. The molecule has 0 spiro atoms. The molecule has 82 valence electrons. The molecular weight excluding hydrogens is 214 g/mol. The lowest BCUT2D eigenvalue weighted by Crippen LogP contribution is -2.30. The Bertz CT molecular complexity index is 334. The van der Waals surface area contributed by atoms with Crippen LogP contribution in [-0.2, 0) is 0 Å². The van der Waals surface area contributed by atoms with Crippen LogP contribution in [0.5, 0.6) is 0 Å². The van der Waals surface area contributed by atoms with Crippen LogP contribution in [0.3, 0.4) is 0 Å². The van der Waals surface area contributed by atoms with Crippen molar-refractivity contribution in [2.45, 2.75) is 37.8 Å². The summed E-state index contributed by atoms with van der Waals surface area (Å²) in [6.07, 6.45) is 5.24. The fourth-order valence-corrected chi connectivity index (χ4v) is 2.07. The van der Waals surface area contributed by atoms with E-state index in [4.69, 9.17) is 11.6 Å². The van der Waals surface area contributed by atoms with Gasteiger partial charge in [0, 0.05) is 12.2 Å².